The van der Waals surface area contributed by atoms with Crippen molar-refractivity contribution in [3.05, 3.63) is 17.5 Å². The molecule has 1 heterocycles. The van der Waals surface area contributed by atoms with Crippen molar-refractivity contribution < 1.29 is 9.53 Å². The number of amides is 1. The van der Waals surface area contributed by atoms with Gasteiger partial charge in [0.05, 0.1) is 6.10 Å². The third kappa shape index (κ3) is 2.85. The first kappa shape index (κ1) is 12.1. The van der Waals surface area contributed by atoms with Gasteiger partial charge in [0.2, 0.25) is 0 Å². The van der Waals surface area contributed by atoms with E-state index in [1.54, 1.807) is 19.1 Å². The quantitative estimate of drug-likeness (QED) is 0.842. The Morgan fingerprint density at radius 2 is 2.41 bits per heavy atom. The molecule has 94 valence electrons. The summed E-state index contributed by atoms with van der Waals surface area (Å²) in [5.41, 5.74) is 1.58. The average molecular weight is 237 g/mol. The largest absolute Gasteiger partial charge is 0.380 e. The van der Waals surface area contributed by atoms with E-state index in [2.05, 4.69) is 10.2 Å². The maximum atomic E-state index is 12.0. The molecule has 1 N–H and O–H groups in total. The molecule has 1 saturated carbocycles. The maximum Gasteiger partial charge on any atom is 0.274 e. The molecule has 5 nitrogen and oxygen atoms in total. The van der Waals surface area contributed by atoms with Crippen LogP contribution < -0.4 is 0 Å². The standard InChI is InChI=1S/C12H19N3O2/c1-8(17-3)7-15(2)12(16)11-6-10(13-14-11)9-4-5-9/h6,8-9H,4-5,7H2,1-3H3,(H,13,14)/t8-/m1/s1. The third-order valence-electron chi connectivity index (χ3n) is 3.11. The predicted molar refractivity (Wildman–Crippen MR) is 64.0 cm³/mol. The fourth-order valence-electron chi connectivity index (χ4n) is 1.79. The van der Waals surface area contributed by atoms with Gasteiger partial charge in [-0.15, -0.1) is 0 Å². The first-order valence-corrected chi connectivity index (χ1v) is 5.95. The van der Waals surface area contributed by atoms with Crippen LogP contribution in [0.25, 0.3) is 0 Å². The van der Waals surface area contributed by atoms with Crippen LogP contribution in [0.15, 0.2) is 6.07 Å². The van der Waals surface area contributed by atoms with Crippen molar-refractivity contribution >= 4 is 5.91 Å². The predicted octanol–water partition coefficient (Wildman–Crippen LogP) is 1.39. The van der Waals surface area contributed by atoms with E-state index in [0.717, 1.165) is 5.69 Å². The minimum Gasteiger partial charge on any atom is -0.380 e. The lowest BCUT2D eigenvalue weighted by Crippen LogP contribution is -2.34. The SMILES string of the molecule is CO[C@H](C)CN(C)C(=O)c1cc(C2CC2)[nH]n1. The van der Waals surface area contributed by atoms with Crippen LogP contribution in [0.2, 0.25) is 0 Å². The highest BCUT2D eigenvalue weighted by Gasteiger charge is 2.27. The molecule has 17 heavy (non-hydrogen) atoms. The Morgan fingerprint density at radius 3 is 3.00 bits per heavy atom. The number of carbonyl (C=O) groups excluding carboxylic acids is 1. The van der Waals surface area contributed by atoms with E-state index >= 15 is 0 Å². The van der Waals surface area contributed by atoms with Crippen molar-refractivity contribution in [3.63, 3.8) is 0 Å². The van der Waals surface area contributed by atoms with E-state index in [1.165, 1.54) is 12.8 Å². The second kappa shape index (κ2) is 4.87. The summed E-state index contributed by atoms with van der Waals surface area (Å²) in [5.74, 6) is 0.532. The molecule has 5 heteroatoms. The lowest BCUT2D eigenvalue weighted by molar-refractivity contribution is 0.0595. The molecule has 0 aliphatic heterocycles. The van der Waals surface area contributed by atoms with Gasteiger partial charge in [-0.05, 0) is 25.8 Å². The van der Waals surface area contributed by atoms with Gasteiger partial charge in [-0.2, -0.15) is 5.10 Å². The molecule has 0 spiro atoms. The summed E-state index contributed by atoms with van der Waals surface area (Å²) in [5, 5.41) is 7.02. The zero-order valence-electron chi connectivity index (χ0n) is 10.6. The van der Waals surface area contributed by atoms with Gasteiger partial charge in [-0.25, -0.2) is 0 Å². The number of methoxy groups -OCH3 is 1. The number of hydrogen-bond acceptors (Lipinski definition) is 3. The monoisotopic (exact) mass is 237 g/mol. The van der Waals surface area contributed by atoms with Crippen LogP contribution in [0.3, 0.4) is 0 Å². The van der Waals surface area contributed by atoms with Gasteiger partial charge >= 0.3 is 0 Å². The van der Waals surface area contributed by atoms with E-state index in [9.17, 15) is 4.79 Å². The molecule has 1 aromatic heterocycles. The number of hydrogen-bond donors (Lipinski definition) is 1. The number of ether oxygens (including phenoxy) is 1. The highest BCUT2D eigenvalue weighted by molar-refractivity contribution is 5.92. The summed E-state index contributed by atoms with van der Waals surface area (Å²) >= 11 is 0. The van der Waals surface area contributed by atoms with E-state index in [-0.39, 0.29) is 12.0 Å². The van der Waals surface area contributed by atoms with Crippen LogP contribution in [-0.4, -0.2) is 47.8 Å². The molecule has 1 fully saturated rings. The molecule has 1 atom stereocenters. The molecule has 1 aromatic rings. The van der Waals surface area contributed by atoms with Crippen molar-refractivity contribution in [2.75, 3.05) is 20.7 Å². The van der Waals surface area contributed by atoms with Crippen LogP contribution >= 0.6 is 0 Å². The highest BCUT2D eigenvalue weighted by atomic mass is 16.5. The van der Waals surface area contributed by atoms with Crippen molar-refractivity contribution in [1.29, 1.82) is 0 Å². The topological polar surface area (TPSA) is 58.2 Å². The molecular weight excluding hydrogens is 218 g/mol. The lowest BCUT2D eigenvalue weighted by atomic mass is 10.2. The molecule has 1 amide bonds. The van der Waals surface area contributed by atoms with Gasteiger partial charge in [-0.3, -0.25) is 9.89 Å². The first-order chi connectivity index (χ1) is 8.11. The number of rotatable bonds is 5. The van der Waals surface area contributed by atoms with E-state index in [4.69, 9.17) is 4.74 Å². The Kier molecular flexibility index (Phi) is 3.47. The highest BCUT2D eigenvalue weighted by Crippen LogP contribution is 2.39. The van der Waals surface area contributed by atoms with Gasteiger partial charge in [0.15, 0.2) is 0 Å². The summed E-state index contributed by atoms with van der Waals surface area (Å²) in [7, 11) is 3.41. The van der Waals surface area contributed by atoms with Crippen LogP contribution in [0, 0.1) is 0 Å². The molecule has 1 aliphatic rings. The maximum absolute atomic E-state index is 12.0. The average Bonchev–Trinajstić information content (AvgIpc) is 3.06. The van der Waals surface area contributed by atoms with Gasteiger partial charge in [-0.1, -0.05) is 0 Å². The van der Waals surface area contributed by atoms with E-state index in [0.29, 0.717) is 18.2 Å². The summed E-state index contributed by atoms with van der Waals surface area (Å²) in [6.45, 7) is 2.50. The number of H-pyrrole nitrogens is 1. The fraction of sp³-hybridized carbons (Fsp3) is 0.667. The van der Waals surface area contributed by atoms with E-state index < -0.39 is 0 Å². The van der Waals surface area contributed by atoms with Crippen LogP contribution in [0.1, 0.15) is 41.9 Å². The van der Waals surface area contributed by atoms with Crippen molar-refractivity contribution in [2.24, 2.45) is 0 Å². The minimum atomic E-state index is -0.0583. The number of aromatic amines is 1. The zero-order chi connectivity index (χ0) is 12.4. The van der Waals surface area contributed by atoms with Gasteiger partial charge in [0.1, 0.15) is 5.69 Å². The Morgan fingerprint density at radius 1 is 1.71 bits per heavy atom. The number of likely N-dealkylation sites (N-methyl/N-ethyl adjacent to an activating group) is 1. The van der Waals surface area contributed by atoms with Crippen molar-refractivity contribution in [3.8, 4) is 0 Å². The number of nitrogens with one attached hydrogen (secondary N) is 1. The molecule has 0 aromatic carbocycles. The molecule has 0 saturated heterocycles. The smallest absolute Gasteiger partial charge is 0.274 e. The Balaban J connectivity index is 1.97. The normalized spacial score (nSPS) is 16.9. The van der Waals surface area contributed by atoms with Crippen LogP contribution in [0.5, 0.6) is 0 Å². The number of nitrogens with zero attached hydrogens (tertiary/aromatic N) is 2. The van der Waals surface area contributed by atoms with Gasteiger partial charge in [0, 0.05) is 32.3 Å². The Labute approximate surface area is 101 Å². The van der Waals surface area contributed by atoms with Gasteiger partial charge < -0.3 is 9.64 Å². The third-order valence-corrected chi connectivity index (χ3v) is 3.11. The molecule has 0 unspecified atom stereocenters. The second-order valence-corrected chi connectivity index (χ2v) is 4.71. The molecule has 0 bridgehead atoms. The summed E-state index contributed by atoms with van der Waals surface area (Å²) in [6.07, 6.45) is 2.43. The van der Waals surface area contributed by atoms with Crippen molar-refractivity contribution in [2.45, 2.75) is 31.8 Å². The summed E-state index contributed by atoms with van der Waals surface area (Å²) in [6, 6.07) is 1.87. The molecule has 0 radical (unpaired) electrons. The molecule has 1 aliphatic carbocycles. The Hall–Kier alpha value is -1.36. The van der Waals surface area contributed by atoms with E-state index in [1.807, 2.05) is 13.0 Å². The Bertz CT molecular complexity index is 398. The number of aromatic nitrogens is 2. The van der Waals surface area contributed by atoms with Crippen LogP contribution in [-0.2, 0) is 4.74 Å². The number of carbonyl (C=O) groups is 1. The second-order valence-electron chi connectivity index (χ2n) is 4.71. The van der Waals surface area contributed by atoms with Crippen molar-refractivity contribution in [1.82, 2.24) is 15.1 Å². The summed E-state index contributed by atoms with van der Waals surface area (Å²) in [4.78, 5) is 13.7. The molecular formula is C12H19N3O2. The summed E-state index contributed by atoms with van der Waals surface area (Å²) < 4.78 is 5.14. The fourth-order valence-corrected chi connectivity index (χ4v) is 1.79. The van der Waals surface area contributed by atoms with Crippen LogP contribution in [0.4, 0.5) is 0 Å². The first-order valence-electron chi connectivity index (χ1n) is 5.95. The lowest BCUT2D eigenvalue weighted by Gasteiger charge is -2.19. The minimum absolute atomic E-state index is 0.0331. The van der Waals surface area contributed by atoms with Gasteiger partial charge in [0.25, 0.3) is 5.91 Å². The zero-order valence-corrected chi connectivity index (χ0v) is 10.6. The molecule has 2 rings (SSSR count).